The number of hydrogen-bond donors (Lipinski definition) is 0. The summed E-state index contributed by atoms with van der Waals surface area (Å²) in [6.45, 7) is 0. The molecule has 5 nitrogen and oxygen atoms in total. The monoisotopic (exact) mass is 381 g/mol. The molecule has 0 radical (unpaired) electrons. The fraction of sp³-hybridized carbons (Fsp3) is 0.0417. The van der Waals surface area contributed by atoms with Crippen molar-refractivity contribution in [2.24, 2.45) is 5.92 Å². The van der Waals surface area contributed by atoms with Gasteiger partial charge in [0.05, 0.1) is 11.1 Å². The molecule has 1 aliphatic heterocycles. The molecule has 1 heterocycles. The van der Waals surface area contributed by atoms with Crippen LogP contribution in [0, 0.1) is 5.92 Å². The van der Waals surface area contributed by atoms with Crippen molar-refractivity contribution in [3.63, 3.8) is 0 Å². The van der Waals surface area contributed by atoms with Crippen molar-refractivity contribution in [3.8, 4) is 0 Å². The van der Waals surface area contributed by atoms with Gasteiger partial charge >= 0.3 is 5.97 Å². The predicted octanol–water partition coefficient (Wildman–Crippen LogP) is 3.98. The number of carbonyl (C=O) groups is 3. The molecule has 1 aliphatic carbocycles. The second kappa shape index (κ2) is 6.56. The van der Waals surface area contributed by atoms with Gasteiger partial charge in [-0.1, -0.05) is 77.9 Å². The Morgan fingerprint density at radius 3 is 1.52 bits per heavy atom. The Hall–Kier alpha value is -3.99. The first kappa shape index (κ1) is 17.1. The number of hydroxylamine groups is 2. The van der Waals surface area contributed by atoms with Gasteiger partial charge in [0.1, 0.15) is 5.92 Å². The first-order valence-corrected chi connectivity index (χ1v) is 9.21. The van der Waals surface area contributed by atoms with Crippen LogP contribution in [0.4, 0.5) is 0 Å². The van der Waals surface area contributed by atoms with Crippen LogP contribution in [0.15, 0.2) is 84.9 Å². The summed E-state index contributed by atoms with van der Waals surface area (Å²) < 4.78 is 0. The summed E-state index contributed by atoms with van der Waals surface area (Å²) in [6.07, 6.45) is 0. The molecule has 3 aromatic rings. The van der Waals surface area contributed by atoms with E-state index < -0.39 is 23.7 Å². The molecular formula is C24H15NO4. The second-order valence-electron chi connectivity index (χ2n) is 6.85. The van der Waals surface area contributed by atoms with Gasteiger partial charge in [0, 0.05) is 0 Å². The Morgan fingerprint density at radius 2 is 1.07 bits per heavy atom. The number of benzene rings is 3. The minimum absolute atomic E-state index is 0.237. The van der Waals surface area contributed by atoms with Crippen molar-refractivity contribution in [1.29, 1.82) is 0 Å². The molecule has 0 saturated carbocycles. The van der Waals surface area contributed by atoms with E-state index in [4.69, 9.17) is 4.84 Å². The maximum absolute atomic E-state index is 13.0. The highest BCUT2D eigenvalue weighted by Gasteiger charge is 2.48. The van der Waals surface area contributed by atoms with Crippen molar-refractivity contribution in [1.82, 2.24) is 5.06 Å². The lowest BCUT2D eigenvalue weighted by Gasteiger charge is -2.13. The van der Waals surface area contributed by atoms with Crippen LogP contribution in [0.3, 0.4) is 0 Å². The van der Waals surface area contributed by atoms with Crippen molar-refractivity contribution in [3.05, 3.63) is 107 Å². The van der Waals surface area contributed by atoms with Gasteiger partial charge in [-0.2, -0.15) is 0 Å². The molecule has 0 saturated heterocycles. The molecule has 0 unspecified atom stereocenters. The Morgan fingerprint density at radius 1 is 0.655 bits per heavy atom. The number of hydrogen-bond acceptors (Lipinski definition) is 4. The number of nitrogens with zero attached hydrogens (tertiary/aromatic N) is 1. The molecule has 0 fully saturated rings. The van der Waals surface area contributed by atoms with E-state index in [9.17, 15) is 14.4 Å². The second-order valence-corrected chi connectivity index (χ2v) is 6.85. The SMILES string of the molecule is O=C(ON1C(=O)c2ccccc2C1=O)C1C(c2ccccc2)=C1c1ccccc1. The Bertz CT molecular complexity index is 1100. The minimum atomic E-state index is -0.641. The number of amides is 2. The molecule has 2 amide bonds. The zero-order chi connectivity index (χ0) is 20.0. The maximum Gasteiger partial charge on any atom is 0.345 e. The largest absolute Gasteiger partial charge is 0.345 e. The zero-order valence-electron chi connectivity index (χ0n) is 15.2. The summed E-state index contributed by atoms with van der Waals surface area (Å²) >= 11 is 0. The highest BCUT2D eigenvalue weighted by Crippen LogP contribution is 2.53. The van der Waals surface area contributed by atoms with E-state index in [1.54, 1.807) is 24.3 Å². The van der Waals surface area contributed by atoms with Gasteiger partial charge in [0.2, 0.25) is 0 Å². The Kier molecular flexibility index (Phi) is 3.88. The van der Waals surface area contributed by atoms with E-state index in [1.807, 2.05) is 60.7 Å². The highest BCUT2D eigenvalue weighted by molar-refractivity contribution is 6.24. The quantitative estimate of drug-likeness (QED) is 0.641. The molecule has 0 spiro atoms. The lowest BCUT2D eigenvalue weighted by atomic mass is 10.1. The van der Waals surface area contributed by atoms with Crippen LogP contribution >= 0.6 is 0 Å². The lowest BCUT2D eigenvalue weighted by Crippen LogP contribution is -2.33. The summed E-state index contributed by atoms with van der Waals surface area (Å²) in [7, 11) is 0. The van der Waals surface area contributed by atoms with Gasteiger partial charge in [0.25, 0.3) is 11.8 Å². The minimum Gasteiger partial charge on any atom is -0.329 e. The van der Waals surface area contributed by atoms with Crippen molar-refractivity contribution in [2.75, 3.05) is 0 Å². The first-order valence-electron chi connectivity index (χ1n) is 9.21. The maximum atomic E-state index is 13.0. The topological polar surface area (TPSA) is 63.7 Å². The Balaban J connectivity index is 1.43. The van der Waals surface area contributed by atoms with Crippen molar-refractivity contribution >= 4 is 28.9 Å². The molecule has 5 heteroatoms. The summed E-state index contributed by atoms with van der Waals surface area (Å²) in [5, 5.41) is 0.566. The number of carbonyl (C=O) groups excluding carboxylic acids is 3. The van der Waals surface area contributed by atoms with Crippen LogP contribution in [0.2, 0.25) is 0 Å². The molecule has 140 valence electrons. The van der Waals surface area contributed by atoms with Gasteiger partial charge in [-0.05, 0) is 34.4 Å². The van der Waals surface area contributed by atoms with E-state index in [1.165, 1.54) is 0 Å². The molecule has 2 aliphatic rings. The highest BCUT2D eigenvalue weighted by atomic mass is 16.7. The van der Waals surface area contributed by atoms with E-state index in [0.29, 0.717) is 5.06 Å². The molecular weight excluding hydrogens is 366 g/mol. The third-order valence-corrected chi connectivity index (χ3v) is 5.13. The standard InChI is InChI=1S/C24H15NO4/c26-22-17-13-7-8-14-18(17)23(27)25(22)29-24(28)21-19(15-9-3-1-4-10-15)20(21)16-11-5-2-6-12-16/h1-14,21H. The third kappa shape index (κ3) is 2.75. The van der Waals surface area contributed by atoms with Crippen LogP contribution in [0.25, 0.3) is 11.1 Å². The first-order chi connectivity index (χ1) is 14.2. The van der Waals surface area contributed by atoms with Crippen molar-refractivity contribution in [2.45, 2.75) is 0 Å². The summed E-state index contributed by atoms with van der Waals surface area (Å²) in [5.74, 6) is -2.51. The van der Waals surface area contributed by atoms with Crippen LogP contribution in [0.1, 0.15) is 31.8 Å². The summed E-state index contributed by atoms with van der Waals surface area (Å²) in [5.41, 5.74) is 3.99. The molecule has 3 aromatic carbocycles. The summed E-state index contributed by atoms with van der Waals surface area (Å²) in [4.78, 5) is 43.3. The molecule has 0 aromatic heterocycles. The van der Waals surface area contributed by atoms with E-state index >= 15 is 0 Å². The normalized spacial score (nSPS) is 15.5. The van der Waals surface area contributed by atoms with E-state index in [-0.39, 0.29) is 11.1 Å². The number of fused-ring (bicyclic) bond motifs is 1. The van der Waals surface area contributed by atoms with Crippen LogP contribution in [0.5, 0.6) is 0 Å². The predicted molar refractivity (Wildman–Crippen MR) is 106 cm³/mol. The van der Waals surface area contributed by atoms with E-state index in [0.717, 1.165) is 22.3 Å². The number of rotatable bonds is 4. The smallest absolute Gasteiger partial charge is 0.329 e. The molecule has 0 bridgehead atoms. The van der Waals surface area contributed by atoms with E-state index in [2.05, 4.69) is 0 Å². The van der Waals surface area contributed by atoms with Crippen LogP contribution in [-0.2, 0) is 9.63 Å². The van der Waals surface area contributed by atoms with Crippen molar-refractivity contribution < 1.29 is 19.2 Å². The third-order valence-electron chi connectivity index (χ3n) is 5.13. The fourth-order valence-electron chi connectivity index (χ4n) is 3.73. The van der Waals surface area contributed by atoms with Gasteiger partial charge in [-0.3, -0.25) is 9.59 Å². The van der Waals surface area contributed by atoms with Gasteiger partial charge in [-0.15, -0.1) is 0 Å². The van der Waals surface area contributed by atoms with Crippen LogP contribution in [-0.4, -0.2) is 22.8 Å². The van der Waals surface area contributed by atoms with Crippen LogP contribution < -0.4 is 0 Å². The lowest BCUT2D eigenvalue weighted by molar-refractivity contribution is -0.168. The fourth-order valence-corrected chi connectivity index (χ4v) is 3.73. The zero-order valence-corrected chi connectivity index (χ0v) is 15.2. The average molecular weight is 381 g/mol. The van der Waals surface area contributed by atoms with Gasteiger partial charge in [0.15, 0.2) is 0 Å². The summed E-state index contributed by atoms with van der Waals surface area (Å²) in [6, 6.07) is 25.5. The molecule has 0 N–H and O–H groups in total. The molecule has 29 heavy (non-hydrogen) atoms. The Labute approximate surface area is 166 Å². The van der Waals surface area contributed by atoms with Gasteiger partial charge in [-0.25, -0.2) is 4.79 Å². The van der Waals surface area contributed by atoms with Gasteiger partial charge < -0.3 is 4.84 Å². The molecule has 0 atom stereocenters. The average Bonchev–Trinajstić information content (AvgIpc) is 3.48. The molecule has 5 rings (SSSR count). The number of imide groups is 1.